The number of hydrogen-bond acceptors (Lipinski definition) is 4. The molecule has 0 aliphatic heterocycles. The largest absolute Gasteiger partial charge is 0.497 e. The summed E-state index contributed by atoms with van der Waals surface area (Å²) in [5, 5.41) is 2.86. The van der Waals surface area contributed by atoms with E-state index in [2.05, 4.69) is 5.32 Å². The molecule has 0 fully saturated rings. The molecule has 0 saturated carbocycles. The minimum atomic E-state index is -0.285. The Morgan fingerprint density at radius 3 is 2.45 bits per heavy atom. The molecule has 6 heteroatoms. The highest BCUT2D eigenvalue weighted by Crippen LogP contribution is 2.25. The number of carbonyl (C=O) groups is 1. The van der Waals surface area contributed by atoms with Crippen LogP contribution in [0.1, 0.15) is 11.1 Å². The molecule has 0 unspecified atom stereocenters. The number of methoxy groups -OCH3 is 2. The fourth-order valence-corrected chi connectivity index (χ4v) is 2.79. The van der Waals surface area contributed by atoms with E-state index in [4.69, 9.17) is 14.2 Å². The van der Waals surface area contributed by atoms with Crippen LogP contribution in [0.3, 0.4) is 0 Å². The second-order valence-corrected chi connectivity index (χ2v) is 6.35. The van der Waals surface area contributed by atoms with Crippen molar-refractivity contribution < 1.29 is 23.4 Å². The molecular weight excluding hydrogens is 373 g/mol. The number of halogens is 1. The molecule has 3 rings (SSSR count). The molecular formula is C23H22FNO4. The number of carbonyl (C=O) groups excluding carboxylic acids is 1. The molecule has 0 aliphatic rings. The Labute approximate surface area is 169 Å². The SMILES string of the molecule is COc1ccc(CC(=O)Nc2cccc(OCc3ccc(F)cc3)c2)c(OC)c1. The van der Waals surface area contributed by atoms with E-state index in [9.17, 15) is 9.18 Å². The van der Waals surface area contributed by atoms with Gasteiger partial charge in [-0.05, 0) is 35.9 Å². The molecule has 1 N–H and O–H groups in total. The third-order valence-electron chi connectivity index (χ3n) is 4.28. The van der Waals surface area contributed by atoms with Crippen LogP contribution >= 0.6 is 0 Å². The number of hydrogen-bond donors (Lipinski definition) is 1. The highest BCUT2D eigenvalue weighted by Gasteiger charge is 2.11. The molecule has 1 amide bonds. The number of amides is 1. The van der Waals surface area contributed by atoms with Gasteiger partial charge in [0.2, 0.25) is 5.91 Å². The van der Waals surface area contributed by atoms with Gasteiger partial charge in [0.1, 0.15) is 29.7 Å². The van der Waals surface area contributed by atoms with E-state index in [0.717, 1.165) is 11.1 Å². The van der Waals surface area contributed by atoms with Gasteiger partial charge >= 0.3 is 0 Å². The van der Waals surface area contributed by atoms with Gasteiger partial charge in [-0.3, -0.25) is 4.79 Å². The van der Waals surface area contributed by atoms with Gasteiger partial charge in [-0.2, -0.15) is 0 Å². The van der Waals surface area contributed by atoms with Crippen LogP contribution in [0, 0.1) is 5.82 Å². The van der Waals surface area contributed by atoms with Gasteiger partial charge < -0.3 is 19.5 Å². The lowest BCUT2D eigenvalue weighted by Crippen LogP contribution is -2.15. The first-order valence-electron chi connectivity index (χ1n) is 9.05. The molecule has 0 aromatic heterocycles. The average molecular weight is 395 g/mol. The van der Waals surface area contributed by atoms with E-state index in [1.54, 1.807) is 68.8 Å². The van der Waals surface area contributed by atoms with Crippen LogP contribution in [0.2, 0.25) is 0 Å². The van der Waals surface area contributed by atoms with Crippen molar-refractivity contribution in [3.05, 3.63) is 83.7 Å². The normalized spacial score (nSPS) is 10.3. The summed E-state index contributed by atoms with van der Waals surface area (Å²) in [6.45, 7) is 0.306. The highest BCUT2D eigenvalue weighted by molar-refractivity contribution is 5.92. The zero-order chi connectivity index (χ0) is 20.6. The van der Waals surface area contributed by atoms with Gasteiger partial charge in [-0.15, -0.1) is 0 Å². The molecule has 0 bridgehead atoms. The zero-order valence-electron chi connectivity index (χ0n) is 16.3. The molecule has 3 aromatic carbocycles. The Balaban J connectivity index is 1.61. The summed E-state index contributed by atoms with van der Waals surface area (Å²) in [6, 6.07) is 18.6. The van der Waals surface area contributed by atoms with Crippen molar-refractivity contribution in [2.45, 2.75) is 13.0 Å². The first-order chi connectivity index (χ1) is 14.1. The van der Waals surface area contributed by atoms with Crippen LogP contribution in [-0.2, 0) is 17.8 Å². The van der Waals surface area contributed by atoms with E-state index < -0.39 is 0 Å². The fraction of sp³-hybridized carbons (Fsp3) is 0.174. The maximum atomic E-state index is 13.0. The first-order valence-corrected chi connectivity index (χ1v) is 9.05. The summed E-state index contributed by atoms with van der Waals surface area (Å²) in [7, 11) is 3.13. The average Bonchev–Trinajstić information content (AvgIpc) is 2.74. The van der Waals surface area contributed by atoms with Gasteiger partial charge in [-0.25, -0.2) is 4.39 Å². The molecule has 0 spiro atoms. The van der Waals surface area contributed by atoms with Gasteiger partial charge in [-0.1, -0.05) is 24.3 Å². The number of benzene rings is 3. The van der Waals surface area contributed by atoms with Crippen LogP contribution in [0.25, 0.3) is 0 Å². The third-order valence-corrected chi connectivity index (χ3v) is 4.28. The maximum Gasteiger partial charge on any atom is 0.228 e. The second-order valence-electron chi connectivity index (χ2n) is 6.35. The number of ether oxygens (including phenoxy) is 3. The van der Waals surface area contributed by atoms with E-state index in [-0.39, 0.29) is 18.1 Å². The Bertz CT molecular complexity index is 973. The fourth-order valence-electron chi connectivity index (χ4n) is 2.79. The maximum absolute atomic E-state index is 13.0. The van der Waals surface area contributed by atoms with Gasteiger partial charge in [0.15, 0.2) is 0 Å². The first kappa shape index (κ1) is 20.2. The van der Waals surface area contributed by atoms with Crippen molar-refractivity contribution in [2.75, 3.05) is 19.5 Å². The van der Waals surface area contributed by atoms with Crippen LogP contribution in [0.15, 0.2) is 66.7 Å². The van der Waals surface area contributed by atoms with Crippen molar-refractivity contribution in [3.63, 3.8) is 0 Å². The standard InChI is InChI=1S/C23H22FNO4/c1-27-20-11-8-17(22(14-20)28-2)12-23(26)25-19-4-3-5-21(13-19)29-15-16-6-9-18(24)10-7-16/h3-11,13-14H,12,15H2,1-2H3,(H,25,26). The highest BCUT2D eigenvalue weighted by atomic mass is 19.1. The van der Waals surface area contributed by atoms with Gasteiger partial charge in [0.05, 0.1) is 20.6 Å². The summed E-state index contributed by atoms with van der Waals surface area (Å²) in [4.78, 5) is 12.5. The lowest BCUT2D eigenvalue weighted by molar-refractivity contribution is -0.115. The minimum Gasteiger partial charge on any atom is -0.497 e. The quantitative estimate of drug-likeness (QED) is 0.606. The summed E-state index contributed by atoms with van der Waals surface area (Å²) in [5.41, 5.74) is 2.24. The molecule has 0 heterocycles. The lowest BCUT2D eigenvalue weighted by atomic mass is 10.1. The Hall–Kier alpha value is -3.54. The van der Waals surface area contributed by atoms with Crippen molar-refractivity contribution in [2.24, 2.45) is 0 Å². The number of anilines is 1. The summed E-state index contributed by atoms with van der Waals surface area (Å²) in [5.74, 6) is 1.40. The van der Waals surface area contributed by atoms with Crippen LogP contribution < -0.4 is 19.5 Å². The van der Waals surface area contributed by atoms with E-state index in [1.807, 2.05) is 0 Å². The van der Waals surface area contributed by atoms with E-state index >= 15 is 0 Å². The topological polar surface area (TPSA) is 56.8 Å². The molecule has 3 aromatic rings. The molecule has 5 nitrogen and oxygen atoms in total. The summed E-state index contributed by atoms with van der Waals surface area (Å²) in [6.07, 6.45) is 0.161. The van der Waals surface area contributed by atoms with Crippen molar-refractivity contribution >= 4 is 11.6 Å². The second kappa shape index (κ2) is 9.59. The monoisotopic (exact) mass is 395 g/mol. The Morgan fingerprint density at radius 1 is 0.931 bits per heavy atom. The molecule has 29 heavy (non-hydrogen) atoms. The predicted octanol–water partition coefficient (Wildman–Crippen LogP) is 4.60. The Kier molecular flexibility index (Phi) is 6.68. The van der Waals surface area contributed by atoms with Crippen molar-refractivity contribution in [1.29, 1.82) is 0 Å². The number of rotatable bonds is 8. The summed E-state index contributed by atoms with van der Waals surface area (Å²) < 4.78 is 29.2. The Morgan fingerprint density at radius 2 is 1.72 bits per heavy atom. The smallest absolute Gasteiger partial charge is 0.228 e. The van der Waals surface area contributed by atoms with Crippen molar-refractivity contribution in [1.82, 2.24) is 0 Å². The van der Waals surface area contributed by atoms with Crippen molar-refractivity contribution in [3.8, 4) is 17.2 Å². The lowest BCUT2D eigenvalue weighted by Gasteiger charge is -2.12. The minimum absolute atomic E-state index is 0.161. The molecule has 0 radical (unpaired) electrons. The molecule has 0 aliphatic carbocycles. The van der Waals surface area contributed by atoms with E-state index in [0.29, 0.717) is 29.5 Å². The summed E-state index contributed by atoms with van der Waals surface area (Å²) >= 11 is 0. The van der Waals surface area contributed by atoms with Crippen LogP contribution in [0.4, 0.5) is 10.1 Å². The molecule has 150 valence electrons. The van der Waals surface area contributed by atoms with E-state index in [1.165, 1.54) is 12.1 Å². The number of nitrogens with one attached hydrogen (secondary N) is 1. The van der Waals surface area contributed by atoms with Crippen LogP contribution in [-0.4, -0.2) is 20.1 Å². The van der Waals surface area contributed by atoms with Gasteiger partial charge in [0.25, 0.3) is 0 Å². The van der Waals surface area contributed by atoms with Crippen LogP contribution in [0.5, 0.6) is 17.2 Å². The third kappa shape index (κ3) is 5.72. The molecule has 0 atom stereocenters. The molecule has 0 saturated heterocycles. The van der Waals surface area contributed by atoms with Gasteiger partial charge in [0, 0.05) is 23.4 Å². The zero-order valence-corrected chi connectivity index (χ0v) is 16.3. The predicted molar refractivity (Wildman–Crippen MR) is 109 cm³/mol.